The van der Waals surface area contributed by atoms with Gasteiger partial charge >= 0.3 is 0 Å². The first kappa shape index (κ1) is 17.5. The van der Waals surface area contributed by atoms with Gasteiger partial charge in [0.2, 0.25) is 0 Å². The molecule has 124 valence electrons. The summed E-state index contributed by atoms with van der Waals surface area (Å²) < 4.78 is 0. The lowest BCUT2D eigenvalue weighted by atomic mass is 10.1. The Labute approximate surface area is 143 Å². The van der Waals surface area contributed by atoms with Crippen LogP contribution in [0.3, 0.4) is 0 Å². The predicted molar refractivity (Wildman–Crippen MR) is 99.3 cm³/mol. The maximum absolute atomic E-state index is 4.58. The molecule has 0 amide bonds. The molecular weight excluding hydrogens is 304 g/mol. The molecule has 0 radical (unpaired) electrons. The van der Waals surface area contributed by atoms with Crippen LogP contribution in [-0.2, 0) is 19.4 Å². The molecule has 2 rings (SSSR count). The molecule has 23 heavy (non-hydrogen) atoms. The van der Waals surface area contributed by atoms with Gasteiger partial charge in [-0.15, -0.1) is 11.3 Å². The first-order chi connectivity index (χ1) is 11.1. The normalized spacial score (nSPS) is 11.6. The number of aliphatic imine (C=N–C) groups is 1. The quantitative estimate of drug-likeness (QED) is 0.631. The second-order valence-electron chi connectivity index (χ2n) is 5.62. The predicted octanol–water partition coefficient (Wildman–Crippen LogP) is 3.23. The van der Waals surface area contributed by atoms with Crippen molar-refractivity contribution in [3.8, 4) is 0 Å². The molecule has 0 fully saturated rings. The molecule has 2 N–H and O–H groups in total. The van der Waals surface area contributed by atoms with E-state index in [1.807, 2.05) is 0 Å². The van der Waals surface area contributed by atoms with Crippen LogP contribution in [0.5, 0.6) is 0 Å². The van der Waals surface area contributed by atoms with Gasteiger partial charge in [0.1, 0.15) is 0 Å². The number of aryl methyl sites for hydroxylation is 3. The zero-order valence-electron chi connectivity index (χ0n) is 14.4. The molecule has 0 atom stereocenters. The van der Waals surface area contributed by atoms with Crippen molar-refractivity contribution in [3.63, 3.8) is 0 Å². The number of benzene rings is 1. The standard InChI is InChI=1S/C18H26N4S/c1-5-17-22-16(12-23-17)8-9-20-18(19-4)21-11-15-7-6-13(2)10-14(15)3/h6-7,10,12H,5,8-9,11H2,1-4H3,(H2,19,20,21). The van der Waals surface area contributed by atoms with Crippen LogP contribution < -0.4 is 10.6 Å². The van der Waals surface area contributed by atoms with E-state index in [-0.39, 0.29) is 0 Å². The molecule has 0 aliphatic rings. The van der Waals surface area contributed by atoms with Gasteiger partial charge in [-0.1, -0.05) is 30.7 Å². The second-order valence-corrected chi connectivity index (χ2v) is 6.56. The number of aromatic nitrogens is 1. The maximum Gasteiger partial charge on any atom is 0.191 e. The van der Waals surface area contributed by atoms with Gasteiger partial charge in [0.15, 0.2) is 5.96 Å². The van der Waals surface area contributed by atoms with Crippen molar-refractivity contribution >= 4 is 17.3 Å². The van der Waals surface area contributed by atoms with Crippen LogP contribution in [0.25, 0.3) is 0 Å². The fraction of sp³-hybridized carbons (Fsp3) is 0.444. The minimum absolute atomic E-state index is 0.780. The smallest absolute Gasteiger partial charge is 0.191 e. The van der Waals surface area contributed by atoms with E-state index in [0.29, 0.717) is 0 Å². The fourth-order valence-corrected chi connectivity index (χ4v) is 3.16. The Bertz CT molecular complexity index is 661. The van der Waals surface area contributed by atoms with E-state index in [9.17, 15) is 0 Å². The number of thiazole rings is 1. The highest BCUT2D eigenvalue weighted by atomic mass is 32.1. The molecule has 4 nitrogen and oxygen atoms in total. The minimum atomic E-state index is 0.780. The number of guanidine groups is 1. The summed E-state index contributed by atoms with van der Waals surface area (Å²) in [6.45, 7) is 8.02. The van der Waals surface area contributed by atoms with Gasteiger partial charge in [0.25, 0.3) is 0 Å². The molecule has 5 heteroatoms. The van der Waals surface area contributed by atoms with Crippen LogP contribution in [0.1, 0.15) is 34.3 Å². The van der Waals surface area contributed by atoms with Gasteiger partial charge in [0, 0.05) is 31.9 Å². The van der Waals surface area contributed by atoms with E-state index in [1.165, 1.54) is 21.7 Å². The third-order valence-corrected chi connectivity index (χ3v) is 4.79. The van der Waals surface area contributed by atoms with E-state index >= 15 is 0 Å². The van der Waals surface area contributed by atoms with Crippen LogP contribution in [-0.4, -0.2) is 24.5 Å². The van der Waals surface area contributed by atoms with Gasteiger partial charge in [-0.3, -0.25) is 4.99 Å². The molecule has 2 aromatic rings. The summed E-state index contributed by atoms with van der Waals surface area (Å²) in [5, 5.41) is 10.1. The zero-order chi connectivity index (χ0) is 16.7. The molecule has 0 spiro atoms. The molecule has 1 aromatic heterocycles. The Hall–Kier alpha value is -1.88. The lowest BCUT2D eigenvalue weighted by Crippen LogP contribution is -2.38. The summed E-state index contributed by atoms with van der Waals surface area (Å²) in [7, 11) is 1.80. The third-order valence-electron chi connectivity index (χ3n) is 3.74. The maximum atomic E-state index is 4.58. The molecule has 1 aromatic carbocycles. The number of nitrogens with zero attached hydrogens (tertiary/aromatic N) is 2. The first-order valence-corrected chi connectivity index (χ1v) is 8.94. The van der Waals surface area contributed by atoms with Crippen LogP contribution in [0.2, 0.25) is 0 Å². The monoisotopic (exact) mass is 330 g/mol. The van der Waals surface area contributed by atoms with Crippen LogP contribution in [0.15, 0.2) is 28.6 Å². The average molecular weight is 331 g/mol. The second kappa shape index (κ2) is 8.67. The molecule has 0 bridgehead atoms. The Kier molecular flexibility index (Phi) is 6.59. The fourth-order valence-electron chi connectivity index (χ4n) is 2.38. The summed E-state index contributed by atoms with van der Waals surface area (Å²) in [6.07, 6.45) is 1.93. The highest BCUT2D eigenvalue weighted by molar-refractivity contribution is 7.09. The number of rotatable bonds is 6. The topological polar surface area (TPSA) is 49.3 Å². The van der Waals surface area contributed by atoms with Crippen LogP contribution in [0.4, 0.5) is 0 Å². The summed E-state index contributed by atoms with van der Waals surface area (Å²) in [5.74, 6) is 0.830. The average Bonchev–Trinajstić information content (AvgIpc) is 3.00. The van der Waals surface area contributed by atoms with Crippen molar-refractivity contribution in [1.29, 1.82) is 0 Å². The summed E-state index contributed by atoms with van der Waals surface area (Å²) >= 11 is 1.74. The minimum Gasteiger partial charge on any atom is -0.356 e. The van der Waals surface area contributed by atoms with Crippen molar-refractivity contribution in [1.82, 2.24) is 15.6 Å². The largest absolute Gasteiger partial charge is 0.356 e. The van der Waals surface area contributed by atoms with E-state index in [2.05, 4.69) is 65.0 Å². The number of nitrogens with one attached hydrogen (secondary N) is 2. The van der Waals surface area contributed by atoms with Gasteiger partial charge < -0.3 is 10.6 Å². The number of hydrogen-bond acceptors (Lipinski definition) is 3. The van der Waals surface area contributed by atoms with Crippen LogP contribution >= 0.6 is 11.3 Å². The molecule has 0 unspecified atom stereocenters. The molecule has 0 saturated carbocycles. The van der Waals surface area contributed by atoms with E-state index in [4.69, 9.17) is 0 Å². The summed E-state index contributed by atoms with van der Waals surface area (Å²) in [6, 6.07) is 6.53. The highest BCUT2D eigenvalue weighted by Crippen LogP contribution is 2.11. The van der Waals surface area contributed by atoms with E-state index < -0.39 is 0 Å². The van der Waals surface area contributed by atoms with Crippen LogP contribution in [0, 0.1) is 13.8 Å². The van der Waals surface area contributed by atoms with Crippen molar-refractivity contribution in [2.24, 2.45) is 4.99 Å². The Morgan fingerprint density at radius 1 is 1.26 bits per heavy atom. The molecule has 1 heterocycles. The van der Waals surface area contributed by atoms with Crippen molar-refractivity contribution in [2.75, 3.05) is 13.6 Å². The zero-order valence-corrected chi connectivity index (χ0v) is 15.3. The van der Waals surface area contributed by atoms with Crippen molar-refractivity contribution in [3.05, 3.63) is 51.0 Å². The van der Waals surface area contributed by atoms with Gasteiger partial charge in [-0.05, 0) is 31.4 Å². The highest BCUT2D eigenvalue weighted by Gasteiger charge is 2.03. The summed E-state index contributed by atoms with van der Waals surface area (Å²) in [4.78, 5) is 8.86. The molecular formula is C18H26N4S. The first-order valence-electron chi connectivity index (χ1n) is 8.06. The van der Waals surface area contributed by atoms with Gasteiger partial charge in [0.05, 0.1) is 10.7 Å². The summed E-state index contributed by atoms with van der Waals surface area (Å²) in [5.41, 5.74) is 5.06. The molecule has 0 saturated heterocycles. The SMILES string of the molecule is CCc1nc(CCNC(=NC)NCc2ccc(C)cc2C)cs1. The lowest BCUT2D eigenvalue weighted by Gasteiger charge is -2.13. The van der Waals surface area contributed by atoms with E-state index in [0.717, 1.165) is 37.6 Å². The number of hydrogen-bond donors (Lipinski definition) is 2. The lowest BCUT2D eigenvalue weighted by molar-refractivity contribution is 0.783. The molecule has 0 aliphatic heterocycles. The van der Waals surface area contributed by atoms with E-state index in [1.54, 1.807) is 18.4 Å². The molecule has 0 aliphatic carbocycles. The van der Waals surface area contributed by atoms with Crippen molar-refractivity contribution in [2.45, 2.75) is 40.2 Å². The van der Waals surface area contributed by atoms with Gasteiger partial charge in [-0.2, -0.15) is 0 Å². The Morgan fingerprint density at radius 2 is 2.09 bits per heavy atom. The Balaban J connectivity index is 1.79. The Morgan fingerprint density at radius 3 is 2.74 bits per heavy atom. The van der Waals surface area contributed by atoms with Gasteiger partial charge in [-0.25, -0.2) is 4.98 Å². The van der Waals surface area contributed by atoms with Crippen molar-refractivity contribution < 1.29 is 0 Å². The third kappa shape index (κ3) is 5.36.